The van der Waals surface area contributed by atoms with E-state index in [4.69, 9.17) is 4.74 Å². The van der Waals surface area contributed by atoms with Gasteiger partial charge in [0.05, 0.1) is 17.6 Å². The van der Waals surface area contributed by atoms with Crippen LogP contribution in [0.5, 0.6) is 5.75 Å². The van der Waals surface area contributed by atoms with Gasteiger partial charge in [0.25, 0.3) is 0 Å². The van der Waals surface area contributed by atoms with Crippen molar-refractivity contribution in [3.05, 3.63) is 53.6 Å². The summed E-state index contributed by atoms with van der Waals surface area (Å²) in [4.78, 5) is 16.5. The normalized spacial score (nSPS) is 11.5. The fourth-order valence-corrected chi connectivity index (χ4v) is 4.80. The molecule has 8 heteroatoms. The molecule has 0 bridgehead atoms. The van der Waals surface area contributed by atoms with E-state index in [1.165, 1.54) is 11.3 Å². The number of carbonyl (C=O) groups excluding carboxylic acids is 1. The number of aryl methyl sites for hydroxylation is 1. The molecule has 1 amide bonds. The average molecular weight is 390 g/mol. The van der Waals surface area contributed by atoms with E-state index in [9.17, 15) is 13.2 Å². The SMILES string of the molecule is COc1ccc(C)c2sc(NC(=O)CS(=O)(=O)Cc3ccccc3)nc12. The number of amides is 1. The Hall–Kier alpha value is -2.45. The summed E-state index contributed by atoms with van der Waals surface area (Å²) in [5, 5.41) is 2.94. The van der Waals surface area contributed by atoms with E-state index < -0.39 is 21.5 Å². The number of methoxy groups -OCH3 is 1. The molecule has 6 nitrogen and oxygen atoms in total. The molecule has 3 aromatic rings. The quantitative estimate of drug-likeness (QED) is 0.699. The fraction of sp³-hybridized carbons (Fsp3) is 0.222. The van der Waals surface area contributed by atoms with E-state index in [-0.39, 0.29) is 5.75 Å². The van der Waals surface area contributed by atoms with Gasteiger partial charge in [0.15, 0.2) is 15.0 Å². The number of thiazole rings is 1. The van der Waals surface area contributed by atoms with Crippen LogP contribution in [0, 0.1) is 6.92 Å². The Morgan fingerprint density at radius 2 is 1.92 bits per heavy atom. The molecule has 0 saturated carbocycles. The van der Waals surface area contributed by atoms with E-state index in [0.717, 1.165) is 10.3 Å². The lowest BCUT2D eigenvalue weighted by Gasteiger charge is -2.04. The van der Waals surface area contributed by atoms with Crippen molar-refractivity contribution in [2.45, 2.75) is 12.7 Å². The molecule has 0 unspecified atom stereocenters. The van der Waals surface area contributed by atoms with Gasteiger partial charge in [0.1, 0.15) is 17.0 Å². The van der Waals surface area contributed by atoms with Crippen molar-refractivity contribution in [1.29, 1.82) is 0 Å². The number of nitrogens with zero attached hydrogens (tertiary/aromatic N) is 1. The lowest BCUT2D eigenvalue weighted by molar-refractivity contribution is -0.113. The van der Waals surface area contributed by atoms with Gasteiger partial charge in [0, 0.05) is 0 Å². The van der Waals surface area contributed by atoms with Crippen LogP contribution in [-0.2, 0) is 20.4 Å². The fourth-order valence-electron chi connectivity index (χ4n) is 2.56. The second-order valence-corrected chi connectivity index (χ2v) is 8.91. The molecular formula is C18H18N2O4S2. The van der Waals surface area contributed by atoms with Gasteiger partial charge in [-0.05, 0) is 24.1 Å². The van der Waals surface area contributed by atoms with Gasteiger partial charge >= 0.3 is 0 Å². The Morgan fingerprint density at radius 3 is 2.62 bits per heavy atom. The zero-order valence-electron chi connectivity index (χ0n) is 14.4. The highest BCUT2D eigenvalue weighted by molar-refractivity contribution is 7.91. The van der Waals surface area contributed by atoms with Crippen LogP contribution in [0.2, 0.25) is 0 Å². The molecule has 0 aliphatic rings. The number of nitrogens with one attached hydrogen (secondary N) is 1. The predicted octanol–water partition coefficient (Wildman–Crippen LogP) is 3.17. The number of anilines is 1. The number of ether oxygens (including phenoxy) is 1. The molecule has 136 valence electrons. The third-order valence-corrected chi connectivity index (χ3v) is 6.33. The number of sulfone groups is 1. The minimum atomic E-state index is -3.56. The molecule has 0 aliphatic heterocycles. The molecule has 26 heavy (non-hydrogen) atoms. The molecule has 1 heterocycles. The van der Waals surface area contributed by atoms with Gasteiger partial charge in [-0.15, -0.1) is 0 Å². The number of carbonyl (C=O) groups is 1. The maximum Gasteiger partial charge on any atom is 0.241 e. The molecular weight excluding hydrogens is 372 g/mol. The lowest BCUT2D eigenvalue weighted by Crippen LogP contribution is -2.23. The molecule has 1 aromatic heterocycles. The number of hydrogen-bond donors (Lipinski definition) is 1. The first-order chi connectivity index (χ1) is 12.4. The Kier molecular flexibility index (Phi) is 5.24. The first-order valence-electron chi connectivity index (χ1n) is 7.86. The smallest absolute Gasteiger partial charge is 0.241 e. The average Bonchev–Trinajstić information content (AvgIpc) is 2.99. The Morgan fingerprint density at radius 1 is 1.19 bits per heavy atom. The molecule has 0 aliphatic carbocycles. The number of benzene rings is 2. The van der Waals surface area contributed by atoms with Gasteiger partial charge in [-0.1, -0.05) is 47.7 Å². The molecule has 0 saturated heterocycles. The van der Waals surface area contributed by atoms with Crippen LogP contribution in [-0.4, -0.2) is 32.2 Å². The van der Waals surface area contributed by atoms with E-state index in [0.29, 0.717) is 22.0 Å². The summed E-state index contributed by atoms with van der Waals surface area (Å²) in [6.07, 6.45) is 0. The van der Waals surface area contributed by atoms with Crippen LogP contribution in [0.25, 0.3) is 10.2 Å². The van der Waals surface area contributed by atoms with Crippen molar-refractivity contribution in [1.82, 2.24) is 4.98 Å². The van der Waals surface area contributed by atoms with Gasteiger partial charge in [0.2, 0.25) is 5.91 Å². The van der Waals surface area contributed by atoms with Crippen LogP contribution >= 0.6 is 11.3 Å². The summed E-state index contributed by atoms with van der Waals surface area (Å²) in [6.45, 7) is 1.94. The highest BCUT2D eigenvalue weighted by atomic mass is 32.2. The molecule has 3 rings (SSSR count). The van der Waals surface area contributed by atoms with Crippen molar-refractivity contribution < 1.29 is 17.9 Å². The van der Waals surface area contributed by atoms with Gasteiger partial charge in [-0.3, -0.25) is 4.79 Å². The zero-order chi connectivity index (χ0) is 18.7. The van der Waals surface area contributed by atoms with Crippen molar-refractivity contribution in [2.75, 3.05) is 18.2 Å². The van der Waals surface area contributed by atoms with Crippen molar-refractivity contribution in [2.24, 2.45) is 0 Å². The summed E-state index contributed by atoms with van der Waals surface area (Å²) in [6, 6.07) is 12.5. The first kappa shape index (κ1) is 18.3. The van der Waals surface area contributed by atoms with Crippen LogP contribution in [0.1, 0.15) is 11.1 Å². The highest BCUT2D eigenvalue weighted by Gasteiger charge is 2.19. The minimum Gasteiger partial charge on any atom is -0.494 e. The number of aromatic nitrogens is 1. The number of rotatable bonds is 6. The largest absolute Gasteiger partial charge is 0.494 e. The maximum absolute atomic E-state index is 12.2. The van der Waals surface area contributed by atoms with E-state index in [1.54, 1.807) is 31.4 Å². The molecule has 0 fully saturated rings. The van der Waals surface area contributed by atoms with Gasteiger partial charge in [-0.2, -0.15) is 0 Å². The minimum absolute atomic E-state index is 0.173. The summed E-state index contributed by atoms with van der Waals surface area (Å²) >= 11 is 1.29. The predicted molar refractivity (Wildman–Crippen MR) is 103 cm³/mol. The maximum atomic E-state index is 12.2. The first-order valence-corrected chi connectivity index (χ1v) is 10.5. The van der Waals surface area contributed by atoms with Gasteiger partial charge < -0.3 is 10.1 Å². The van der Waals surface area contributed by atoms with Crippen LogP contribution in [0.15, 0.2) is 42.5 Å². The van der Waals surface area contributed by atoms with Crippen molar-refractivity contribution in [3.63, 3.8) is 0 Å². The zero-order valence-corrected chi connectivity index (χ0v) is 16.0. The summed E-state index contributed by atoms with van der Waals surface area (Å²) in [7, 11) is -2.01. The Bertz CT molecular complexity index is 1040. The molecule has 2 aromatic carbocycles. The molecule has 1 N–H and O–H groups in total. The van der Waals surface area contributed by atoms with Crippen molar-refractivity contribution in [3.8, 4) is 5.75 Å². The summed E-state index contributed by atoms with van der Waals surface area (Å²) < 4.78 is 30.6. The monoisotopic (exact) mass is 390 g/mol. The van der Waals surface area contributed by atoms with Crippen molar-refractivity contribution >= 4 is 42.4 Å². The second kappa shape index (κ2) is 7.43. The number of fused-ring (bicyclic) bond motifs is 1. The summed E-state index contributed by atoms with van der Waals surface area (Å²) in [5.41, 5.74) is 2.32. The van der Waals surface area contributed by atoms with Crippen LogP contribution in [0.4, 0.5) is 5.13 Å². The molecule has 0 atom stereocenters. The molecule has 0 spiro atoms. The Balaban J connectivity index is 1.74. The Labute approximate surface area is 155 Å². The van der Waals surface area contributed by atoms with Crippen LogP contribution in [0.3, 0.4) is 0 Å². The standard InChI is InChI=1S/C18H18N2O4S2/c1-12-8-9-14(24-2)16-17(12)25-18(20-16)19-15(21)11-26(22,23)10-13-6-4-3-5-7-13/h3-9H,10-11H2,1-2H3,(H,19,20,21). The van der Waals surface area contributed by atoms with Gasteiger partial charge in [-0.25, -0.2) is 13.4 Å². The topological polar surface area (TPSA) is 85.4 Å². The number of hydrogen-bond acceptors (Lipinski definition) is 6. The highest BCUT2D eigenvalue weighted by Crippen LogP contribution is 2.34. The lowest BCUT2D eigenvalue weighted by atomic mass is 10.2. The third kappa shape index (κ3) is 4.20. The van der Waals surface area contributed by atoms with E-state index in [2.05, 4.69) is 10.3 Å². The summed E-state index contributed by atoms with van der Waals surface area (Å²) in [5.74, 6) is -0.752. The third-order valence-electron chi connectivity index (χ3n) is 3.75. The van der Waals surface area contributed by atoms with E-state index >= 15 is 0 Å². The molecule has 0 radical (unpaired) electrons. The van der Waals surface area contributed by atoms with Crippen LogP contribution < -0.4 is 10.1 Å². The second-order valence-electron chi connectivity index (χ2n) is 5.85. The van der Waals surface area contributed by atoms with E-state index in [1.807, 2.05) is 25.1 Å².